The number of fused-ring (bicyclic) bond motifs is 1. The van der Waals surface area contributed by atoms with Crippen LogP contribution in [-0.4, -0.2) is 17.5 Å². The minimum absolute atomic E-state index is 0.201. The Kier molecular flexibility index (Phi) is 5.15. The number of rotatable bonds is 5. The first-order valence-corrected chi connectivity index (χ1v) is 9.88. The second-order valence-electron chi connectivity index (χ2n) is 7.53. The SMILES string of the molecule is CC1CCCCN1c1ccc(CNc2ccc3ccccc3c2)cc1[N+](=O)[O-]. The molecule has 1 aliphatic heterocycles. The first-order valence-electron chi connectivity index (χ1n) is 9.88. The van der Waals surface area contributed by atoms with Gasteiger partial charge in [0, 0.05) is 30.9 Å². The zero-order chi connectivity index (χ0) is 19.5. The van der Waals surface area contributed by atoms with Crippen LogP contribution >= 0.6 is 0 Å². The summed E-state index contributed by atoms with van der Waals surface area (Å²) in [5.41, 5.74) is 2.86. The normalized spacial score (nSPS) is 16.9. The Morgan fingerprint density at radius 3 is 2.68 bits per heavy atom. The van der Waals surface area contributed by atoms with Crippen molar-refractivity contribution >= 4 is 27.8 Å². The number of nitro groups is 1. The van der Waals surface area contributed by atoms with Gasteiger partial charge in [0.25, 0.3) is 5.69 Å². The van der Waals surface area contributed by atoms with E-state index in [0.29, 0.717) is 12.6 Å². The zero-order valence-corrected chi connectivity index (χ0v) is 16.1. The number of nitrogens with one attached hydrogen (secondary N) is 1. The Morgan fingerprint density at radius 2 is 1.89 bits per heavy atom. The first kappa shape index (κ1) is 18.3. The van der Waals surface area contributed by atoms with E-state index in [1.54, 1.807) is 6.07 Å². The lowest BCUT2D eigenvalue weighted by molar-refractivity contribution is -0.384. The van der Waals surface area contributed by atoms with Gasteiger partial charge in [0.1, 0.15) is 5.69 Å². The van der Waals surface area contributed by atoms with Gasteiger partial charge in [0.15, 0.2) is 0 Å². The summed E-state index contributed by atoms with van der Waals surface area (Å²) >= 11 is 0. The second kappa shape index (κ2) is 7.89. The van der Waals surface area contributed by atoms with Gasteiger partial charge in [-0.15, -0.1) is 0 Å². The summed E-state index contributed by atoms with van der Waals surface area (Å²) in [7, 11) is 0. The van der Waals surface area contributed by atoms with Crippen LogP contribution in [0.25, 0.3) is 10.8 Å². The highest BCUT2D eigenvalue weighted by Gasteiger charge is 2.25. The van der Waals surface area contributed by atoms with E-state index < -0.39 is 0 Å². The van der Waals surface area contributed by atoms with Crippen molar-refractivity contribution in [1.29, 1.82) is 0 Å². The lowest BCUT2D eigenvalue weighted by Gasteiger charge is -2.35. The van der Waals surface area contributed by atoms with Crippen LogP contribution in [0, 0.1) is 10.1 Å². The molecule has 1 atom stereocenters. The Labute approximate surface area is 165 Å². The maximum atomic E-state index is 11.7. The first-order chi connectivity index (χ1) is 13.6. The third-order valence-electron chi connectivity index (χ3n) is 5.60. The van der Waals surface area contributed by atoms with E-state index in [0.717, 1.165) is 36.3 Å². The maximum Gasteiger partial charge on any atom is 0.292 e. The van der Waals surface area contributed by atoms with Crippen molar-refractivity contribution in [1.82, 2.24) is 0 Å². The molecule has 0 aromatic heterocycles. The second-order valence-corrected chi connectivity index (χ2v) is 7.53. The Hall–Kier alpha value is -3.08. The molecule has 5 heteroatoms. The quantitative estimate of drug-likeness (QED) is 0.456. The van der Waals surface area contributed by atoms with E-state index in [1.807, 2.05) is 30.3 Å². The van der Waals surface area contributed by atoms with Crippen molar-refractivity contribution in [3.63, 3.8) is 0 Å². The van der Waals surface area contributed by atoms with Crippen molar-refractivity contribution in [3.8, 4) is 0 Å². The fourth-order valence-corrected chi connectivity index (χ4v) is 4.03. The summed E-state index contributed by atoms with van der Waals surface area (Å²) in [5, 5.41) is 17.5. The minimum atomic E-state index is -0.254. The molecule has 0 saturated carbocycles. The average molecular weight is 375 g/mol. The molecule has 1 fully saturated rings. The molecule has 3 aromatic carbocycles. The monoisotopic (exact) mass is 375 g/mol. The molecule has 1 heterocycles. The summed E-state index contributed by atoms with van der Waals surface area (Å²) in [6.45, 7) is 3.59. The van der Waals surface area contributed by atoms with E-state index in [4.69, 9.17) is 0 Å². The topological polar surface area (TPSA) is 58.4 Å². The van der Waals surface area contributed by atoms with E-state index in [2.05, 4.69) is 41.4 Å². The van der Waals surface area contributed by atoms with Crippen LogP contribution in [0.4, 0.5) is 17.1 Å². The van der Waals surface area contributed by atoms with Crippen LogP contribution in [0.2, 0.25) is 0 Å². The van der Waals surface area contributed by atoms with Crippen LogP contribution in [0.5, 0.6) is 0 Å². The number of hydrogen-bond donors (Lipinski definition) is 1. The highest BCUT2D eigenvalue weighted by Crippen LogP contribution is 2.34. The maximum absolute atomic E-state index is 11.7. The van der Waals surface area contributed by atoms with Gasteiger partial charge in [0.2, 0.25) is 0 Å². The summed E-state index contributed by atoms with van der Waals surface area (Å²) in [4.78, 5) is 13.6. The van der Waals surface area contributed by atoms with Crippen molar-refractivity contribution in [2.45, 2.75) is 38.8 Å². The van der Waals surface area contributed by atoms with Crippen molar-refractivity contribution in [2.24, 2.45) is 0 Å². The van der Waals surface area contributed by atoms with Gasteiger partial charge in [-0.1, -0.05) is 36.4 Å². The van der Waals surface area contributed by atoms with Crippen molar-refractivity contribution in [2.75, 3.05) is 16.8 Å². The highest BCUT2D eigenvalue weighted by molar-refractivity contribution is 5.85. The molecule has 1 N–H and O–H groups in total. The van der Waals surface area contributed by atoms with Crippen LogP contribution in [0.1, 0.15) is 31.7 Å². The highest BCUT2D eigenvalue weighted by atomic mass is 16.6. The number of benzene rings is 3. The number of nitrogens with zero attached hydrogens (tertiary/aromatic N) is 2. The molecule has 0 bridgehead atoms. The molecular formula is C23H25N3O2. The predicted molar refractivity (Wildman–Crippen MR) is 115 cm³/mol. The largest absolute Gasteiger partial charge is 0.381 e. The molecule has 5 nitrogen and oxygen atoms in total. The van der Waals surface area contributed by atoms with Crippen molar-refractivity contribution in [3.05, 3.63) is 76.3 Å². The molecule has 3 aromatic rings. The number of nitro benzene ring substituents is 1. The number of anilines is 2. The predicted octanol–water partition coefficient (Wildman–Crippen LogP) is 5.74. The summed E-state index contributed by atoms with van der Waals surface area (Å²) in [6, 6.07) is 20.4. The molecule has 0 spiro atoms. The fourth-order valence-electron chi connectivity index (χ4n) is 4.03. The third kappa shape index (κ3) is 3.79. The molecule has 0 radical (unpaired) electrons. The van der Waals surface area contributed by atoms with Crippen molar-refractivity contribution < 1.29 is 4.92 Å². The van der Waals surface area contributed by atoms with Gasteiger partial charge < -0.3 is 10.2 Å². The molecule has 1 unspecified atom stereocenters. The Morgan fingerprint density at radius 1 is 1.07 bits per heavy atom. The van der Waals surface area contributed by atoms with E-state index in [-0.39, 0.29) is 10.6 Å². The lowest BCUT2D eigenvalue weighted by atomic mass is 10.0. The minimum Gasteiger partial charge on any atom is -0.381 e. The molecule has 0 aliphatic carbocycles. The molecule has 0 amide bonds. The summed E-state index contributed by atoms with van der Waals surface area (Å²) < 4.78 is 0. The standard InChI is InChI=1S/C23H25N3O2/c1-17-6-4-5-13-25(17)22-12-9-18(14-23(22)26(27)28)16-24-21-11-10-19-7-2-3-8-20(19)15-21/h2-3,7-12,14-15,17,24H,4-6,13,16H2,1H3. The van der Waals surface area contributed by atoms with E-state index >= 15 is 0 Å². The van der Waals surface area contributed by atoms with E-state index in [1.165, 1.54) is 17.2 Å². The smallest absolute Gasteiger partial charge is 0.292 e. The molecule has 1 saturated heterocycles. The molecular weight excluding hydrogens is 350 g/mol. The van der Waals surface area contributed by atoms with Gasteiger partial charge in [-0.25, -0.2) is 0 Å². The lowest BCUT2D eigenvalue weighted by Crippen LogP contribution is -2.37. The Bertz CT molecular complexity index is 1000. The van der Waals surface area contributed by atoms with Gasteiger partial charge in [0.05, 0.1) is 4.92 Å². The number of hydrogen-bond acceptors (Lipinski definition) is 4. The van der Waals surface area contributed by atoms with Crippen LogP contribution in [-0.2, 0) is 6.54 Å². The van der Waals surface area contributed by atoms with Crippen LogP contribution in [0.3, 0.4) is 0 Å². The van der Waals surface area contributed by atoms with Crippen LogP contribution in [0.15, 0.2) is 60.7 Å². The van der Waals surface area contributed by atoms with Gasteiger partial charge in [-0.2, -0.15) is 0 Å². The molecule has 4 rings (SSSR count). The fraction of sp³-hybridized carbons (Fsp3) is 0.304. The molecule has 28 heavy (non-hydrogen) atoms. The number of piperidine rings is 1. The average Bonchev–Trinajstić information content (AvgIpc) is 2.72. The summed E-state index contributed by atoms with van der Waals surface area (Å²) in [6.07, 6.45) is 3.37. The van der Waals surface area contributed by atoms with Gasteiger partial charge in [-0.05, 0) is 60.7 Å². The van der Waals surface area contributed by atoms with E-state index in [9.17, 15) is 10.1 Å². The molecule has 1 aliphatic rings. The Balaban J connectivity index is 1.54. The zero-order valence-electron chi connectivity index (χ0n) is 16.1. The molecule has 144 valence electrons. The third-order valence-corrected chi connectivity index (χ3v) is 5.60. The van der Waals surface area contributed by atoms with Gasteiger partial charge >= 0.3 is 0 Å². The van der Waals surface area contributed by atoms with Gasteiger partial charge in [-0.3, -0.25) is 10.1 Å². The summed E-state index contributed by atoms with van der Waals surface area (Å²) in [5.74, 6) is 0. The van der Waals surface area contributed by atoms with Crippen LogP contribution < -0.4 is 10.2 Å².